The lowest BCUT2D eigenvalue weighted by molar-refractivity contribution is -0.532. The molecular formula is C7H11NO3. The number of nitro groups is 1. The fraction of sp³-hybridized carbons (Fsp3) is 1.00. The molecule has 0 amide bonds. The Hall–Kier alpha value is -0.640. The minimum atomic E-state index is -0.440. The van der Waals surface area contributed by atoms with E-state index in [1.807, 2.05) is 0 Å². The quantitative estimate of drug-likeness (QED) is 0.443. The number of hydrogen-bond acceptors (Lipinski definition) is 3. The van der Waals surface area contributed by atoms with Crippen LogP contribution < -0.4 is 0 Å². The molecule has 0 aliphatic heterocycles. The fourth-order valence-corrected chi connectivity index (χ4v) is 2.59. The Morgan fingerprint density at radius 3 is 2.45 bits per heavy atom. The summed E-state index contributed by atoms with van der Waals surface area (Å²) in [6.07, 6.45) is 2.03. The molecule has 1 N–H and O–H groups in total. The first-order valence-corrected chi connectivity index (χ1v) is 4.01. The highest BCUT2D eigenvalue weighted by Gasteiger charge is 2.54. The first kappa shape index (κ1) is 7.03. The molecule has 2 fully saturated rings. The molecule has 0 aromatic rings. The Balaban J connectivity index is 2.19. The molecule has 2 saturated carbocycles. The zero-order valence-electron chi connectivity index (χ0n) is 6.14. The van der Waals surface area contributed by atoms with Gasteiger partial charge in [0.2, 0.25) is 6.04 Å². The van der Waals surface area contributed by atoms with Crippen molar-refractivity contribution in [2.24, 2.45) is 11.8 Å². The third-order valence-electron chi connectivity index (χ3n) is 3.07. The van der Waals surface area contributed by atoms with Crippen LogP contribution in [0.1, 0.15) is 19.3 Å². The first-order chi connectivity index (χ1) is 5.20. The van der Waals surface area contributed by atoms with Gasteiger partial charge in [0.05, 0.1) is 12.0 Å². The van der Waals surface area contributed by atoms with Crippen LogP contribution in [0, 0.1) is 22.0 Å². The van der Waals surface area contributed by atoms with Gasteiger partial charge in [0, 0.05) is 10.8 Å². The van der Waals surface area contributed by atoms with E-state index in [9.17, 15) is 15.2 Å². The summed E-state index contributed by atoms with van der Waals surface area (Å²) in [6, 6.07) is -0.440. The second-order valence-electron chi connectivity index (χ2n) is 3.58. The summed E-state index contributed by atoms with van der Waals surface area (Å²) in [5.41, 5.74) is 0. The fourth-order valence-electron chi connectivity index (χ4n) is 2.59. The first-order valence-electron chi connectivity index (χ1n) is 4.01. The van der Waals surface area contributed by atoms with Gasteiger partial charge in [-0.2, -0.15) is 0 Å². The maximum Gasteiger partial charge on any atom is 0.221 e. The van der Waals surface area contributed by atoms with E-state index >= 15 is 0 Å². The van der Waals surface area contributed by atoms with E-state index < -0.39 is 12.1 Å². The molecule has 2 aliphatic carbocycles. The SMILES string of the molecule is O=[N+]([O-])C1[C@@H]2CC[C@H]1[C@H](O)C2. The van der Waals surface area contributed by atoms with Crippen LogP contribution >= 0.6 is 0 Å². The molecule has 62 valence electrons. The third kappa shape index (κ3) is 0.854. The largest absolute Gasteiger partial charge is 0.393 e. The smallest absolute Gasteiger partial charge is 0.221 e. The third-order valence-corrected chi connectivity index (χ3v) is 3.07. The van der Waals surface area contributed by atoms with Crippen LogP contribution in [0.2, 0.25) is 0 Å². The summed E-state index contributed by atoms with van der Waals surface area (Å²) in [5.74, 6) is 0.111. The second-order valence-corrected chi connectivity index (χ2v) is 3.58. The van der Waals surface area contributed by atoms with Crippen LogP contribution in [0.5, 0.6) is 0 Å². The maximum atomic E-state index is 10.5. The molecule has 0 aromatic heterocycles. The van der Waals surface area contributed by atoms with Gasteiger partial charge in [-0.15, -0.1) is 0 Å². The number of aliphatic hydroxyl groups excluding tert-OH is 1. The van der Waals surface area contributed by atoms with Crippen molar-refractivity contribution in [1.29, 1.82) is 0 Å². The molecule has 2 rings (SSSR count). The van der Waals surface area contributed by atoms with Crippen LogP contribution in [-0.2, 0) is 0 Å². The van der Waals surface area contributed by atoms with E-state index in [1.54, 1.807) is 0 Å². The highest BCUT2D eigenvalue weighted by molar-refractivity contribution is 4.97. The van der Waals surface area contributed by atoms with Gasteiger partial charge in [0.1, 0.15) is 0 Å². The predicted molar refractivity (Wildman–Crippen MR) is 37.6 cm³/mol. The van der Waals surface area contributed by atoms with E-state index in [1.165, 1.54) is 0 Å². The normalized spacial score (nSPS) is 48.1. The van der Waals surface area contributed by atoms with Crippen molar-refractivity contribution < 1.29 is 10.0 Å². The number of nitrogens with zero attached hydrogens (tertiary/aromatic N) is 1. The Labute approximate surface area is 64.4 Å². The van der Waals surface area contributed by atoms with Gasteiger partial charge >= 0.3 is 0 Å². The maximum absolute atomic E-state index is 10.5. The van der Waals surface area contributed by atoms with E-state index in [0.717, 1.165) is 12.8 Å². The lowest BCUT2D eigenvalue weighted by Crippen LogP contribution is -2.27. The summed E-state index contributed by atoms with van der Waals surface area (Å²) in [7, 11) is 0. The van der Waals surface area contributed by atoms with Gasteiger partial charge in [-0.05, 0) is 19.3 Å². The Bertz CT molecular complexity index is 194. The van der Waals surface area contributed by atoms with Gasteiger partial charge in [-0.1, -0.05) is 0 Å². The summed E-state index contributed by atoms with van der Waals surface area (Å²) in [5, 5.41) is 19.8. The van der Waals surface area contributed by atoms with Crippen LogP contribution in [0.3, 0.4) is 0 Å². The Morgan fingerprint density at radius 2 is 2.18 bits per heavy atom. The zero-order chi connectivity index (χ0) is 8.01. The molecule has 0 aromatic carbocycles. The number of fused-ring (bicyclic) bond motifs is 2. The van der Waals surface area contributed by atoms with Crippen molar-refractivity contribution >= 4 is 0 Å². The molecule has 1 unspecified atom stereocenters. The number of aliphatic hydroxyl groups is 1. The van der Waals surface area contributed by atoms with Crippen LogP contribution in [0.15, 0.2) is 0 Å². The summed E-state index contributed by atoms with van der Waals surface area (Å²) in [6.45, 7) is 0. The average molecular weight is 157 g/mol. The lowest BCUT2D eigenvalue weighted by atomic mass is 9.98. The summed E-state index contributed by atoms with van der Waals surface area (Å²) >= 11 is 0. The van der Waals surface area contributed by atoms with Crippen molar-refractivity contribution in [3.8, 4) is 0 Å². The lowest BCUT2D eigenvalue weighted by Gasteiger charge is -2.12. The number of hydrogen-bond donors (Lipinski definition) is 1. The summed E-state index contributed by atoms with van der Waals surface area (Å²) in [4.78, 5) is 10.3. The highest BCUT2D eigenvalue weighted by atomic mass is 16.6. The molecule has 4 atom stereocenters. The molecule has 0 radical (unpaired) electrons. The standard InChI is InChI=1S/C7H11NO3/c9-6-3-4-1-2-5(6)7(4)8(10)11/h4-7,9H,1-3H2/t4-,5+,6-,7?/m1/s1. The minimum absolute atomic E-state index is 0.0463. The molecular weight excluding hydrogens is 146 g/mol. The summed E-state index contributed by atoms with van der Waals surface area (Å²) < 4.78 is 0. The molecule has 0 heterocycles. The van der Waals surface area contributed by atoms with E-state index in [4.69, 9.17) is 0 Å². The molecule has 4 heteroatoms. The molecule has 2 aliphatic rings. The van der Waals surface area contributed by atoms with Gasteiger partial charge in [-0.25, -0.2) is 0 Å². The van der Waals surface area contributed by atoms with Crippen molar-refractivity contribution in [3.63, 3.8) is 0 Å². The van der Waals surface area contributed by atoms with Gasteiger partial charge < -0.3 is 5.11 Å². The molecule has 2 bridgehead atoms. The number of rotatable bonds is 1. The molecule has 11 heavy (non-hydrogen) atoms. The molecule has 0 saturated heterocycles. The molecule has 4 nitrogen and oxygen atoms in total. The highest BCUT2D eigenvalue weighted by Crippen LogP contribution is 2.45. The predicted octanol–water partition coefficient (Wildman–Crippen LogP) is 0.422. The van der Waals surface area contributed by atoms with Gasteiger partial charge in [-0.3, -0.25) is 10.1 Å². The van der Waals surface area contributed by atoms with Gasteiger partial charge in [0.25, 0.3) is 0 Å². The van der Waals surface area contributed by atoms with E-state index in [-0.39, 0.29) is 16.8 Å². The van der Waals surface area contributed by atoms with Crippen molar-refractivity contribution in [2.45, 2.75) is 31.4 Å². The van der Waals surface area contributed by atoms with Crippen molar-refractivity contribution in [3.05, 3.63) is 10.1 Å². The second kappa shape index (κ2) is 2.17. The van der Waals surface area contributed by atoms with E-state index in [2.05, 4.69) is 0 Å². The minimum Gasteiger partial charge on any atom is -0.393 e. The zero-order valence-corrected chi connectivity index (χ0v) is 6.14. The van der Waals surface area contributed by atoms with Crippen LogP contribution in [0.4, 0.5) is 0 Å². The Morgan fingerprint density at radius 1 is 1.45 bits per heavy atom. The van der Waals surface area contributed by atoms with Gasteiger partial charge in [0.15, 0.2) is 0 Å². The van der Waals surface area contributed by atoms with Crippen molar-refractivity contribution in [1.82, 2.24) is 0 Å². The monoisotopic (exact) mass is 157 g/mol. The Kier molecular flexibility index (Phi) is 1.39. The average Bonchev–Trinajstić information content (AvgIpc) is 2.41. The van der Waals surface area contributed by atoms with E-state index in [0.29, 0.717) is 6.42 Å². The van der Waals surface area contributed by atoms with Crippen LogP contribution in [-0.4, -0.2) is 22.2 Å². The van der Waals surface area contributed by atoms with Crippen LogP contribution in [0.25, 0.3) is 0 Å². The topological polar surface area (TPSA) is 63.4 Å². The molecule has 0 spiro atoms. The van der Waals surface area contributed by atoms with Crippen molar-refractivity contribution in [2.75, 3.05) is 0 Å².